The first-order valence-electron chi connectivity index (χ1n) is 8.65. The van der Waals surface area contributed by atoms with Gasteiger partial charge in [0.1, 0.15) is 0 Å². The number of thiazole rings is 1. The maximum atomic E-state index is 12.2. The normalized spacial score (nSPS) is 15.1. The molecule has 2 aliphatic rings. The first-order valence-corrected chi connectivity index (χ1v) is 9.47. The van der Waals surface area contributed by atoms with Crippen LogP contribution in [0.5, 0.6) is 11.5 Å². The molecule has 26 heavy (non-hydrogen) atoms. The maximum Gasteiger partial charge on any atom is 0.251 e. The Morgan fingerprint density at radius 3 is 2.88 bits per heavy atom. The van der Waals surface area contributed by atoms with Crippen LogP contribution in [-0.2, 0) is 17.6 Å². The van der Waals surface area contributed by atoms with Crippen LogP contribution in [0, 0.1) is 0 Å². The number of hydrogen-bond donors (Lipinski definition) is 2. The predicted octanol–water partition coefficient (Wildman–Crippen LogP) is 2.51. The third-order valence-electron chi connectivity index (χ3n) is 4.39. The van der Waals surface area contributed by atoms with Crippen molar-refractivity contribution in [3.63, 3.8) is 0 Å². The molecule has 1 aliphatic carbocycles. The molecule has 2 amide bonds. The fourth-order valence-corrected chi connectivity index (χ4v) is 4.11. The van der Waals surface area contributed by atoms with Gasteiger partial charge < -0.3 is 20.1 Å². The van der Waals surface area contributed by atoms with Crippen molar-refractivity contribution in [1.82, 2.24) is 10.3 Å². The minimum atomic E-state index is -0.339. The van der Waals surface area contributed by atoms with E-state index < -0.39 is 0 Å². The fraction of sp³-hybridized carbons (Fsp3) is 0.389. The van der Waals surface area contributed by atoms with E-state index in [2.05, 4.69) is 15.6 Å². The highest BCUT2D eigenvalue weighted by molar-refractivity contribution is 7.15. The highest BCUT2D eigenvalue weighted by atomic mass is 32.1. The lowest BCUT2D eigenvalue weighted by molar-refractivity contribution is -0.115. The molecular weight excluding hydrogens is 354 g/mol. The summed E-state index contributed by atoms with van der Waals surface area (Å²) in [6, 6.07) is 4.92. The Labute approximate surface area is 154 Å². The molecule has 2 aromatic rings. The number of anilines is 1. The maximum absolute atomic E-state index is 12.2. The Morgan fingerprint density at radius 2 is 1.96 bits per heavy atom. The number of fused-ring (bicyclic) bond motifs is 2. The Balaban J connectivity index is 1.32. The van der Waals surface area contributed by atoms with Gasteiger partial charge in [0.05, 0.1) is 12.2 Å². The Morgan fingerprint density at radius 1 is 1.12 bits per heavy atom. The standard InChI is InChI=1S/C18H19N3O4S/c22-16(21-18-20-12-4-2-1-3-5-15(12)26-18)9-19-17(23)11-6-7-13-14(8-11)25-10-24-13/h6-8H,1-5,9-10H2,(H,19,23)(H,20,21,22). The quantitative estimate of drug-likeness (QED) is 0.804. The average Bonchev–Trinajstić information content (AvgIpc) is 3.20. The summed E-state index contributed by atoms with van der Waals surface area (Å²) in [4.78, 5) is 30.1. The summed E-state index contributed by atoms with van der Waals surface area (Å²) in [5.74, 6) is 0.519. The second-order valence-corrected chi connectivity index (χ2v) is 7.33. The molecule has 0 unspecified atom stereocenters. The smallest absolute Gasteiger partial charge is 0.251 e. The number of aryl methyl sites for hydroxylation is 2. The van der Waals surface area contributed by atoms with Crippen molar-refractivity contribution in [3.8, 4) is 11.5 Å². The van der Waals surface area contributed by atoms with Gasteiger partial charge >= 0.3 is 0 Å². The first kappa shape index (κ1) is 16.8. The summed E-state index contributed by atoms with van der Waals surface area (Å²) < 4.78 is 10.5. The van der Waals surface area contributed by atoms with Gasteiger partial charge in [0.2, 0.25) is 12.7 Å². The van der Waals surface area contributed by atoms with Gasteiger partial charge in [0.15, 0.2) is 16.6 Å². The van der Waals surface area contributed by atoms with Crippen molar-refractivity contribution in [2.24, 2.45) is 0 Å². The van der Waals surface area contributed by atoms with Crippen LogP contribution >= 0.6 is 11.3 Å². The summed E-state index contributed by atoms with van der Waals surface area (Å²) >= 11 is 1.53. The molecule has 4 rings (SSSR count). The highest BCUT2D eigenvalue weighted by Gasteiger charge is 2.18. The number of ether oxygens (including phenoxy) is 2. The van der Waals surface area contributed by atoms with E-state index in [1.165, 1.54) is 29.1 Å². The number of nitrogens with zero attached hydrogens (tertiary/aromatic N) is 1. The molecule has 2 heterocycles. The number of carbonyl (C=O) groups excluding carboxylic acids is 2. The van der Waals surface area contributed by atoms with Crippen LogP contribution in [0.1, 0.15) is 40.2 Å². The zero-order valence-corrected chi connectivity index (χ0v) is 15.0. The molecule has 0 saturated heterocycles. The first-order chi connectivity index (χ1) is 12.7. The molecule has 0 fully saturated rings. The van der Waals surface area contributed by atoms with Gasteiger partial charge in [-0.3, -0.25) is 9.59 Å². The fourth-order valence-electron chi connectivity index (χ4n) is 3.05. The zero-order chi connectivity index (χ0) is 17.9. The van der Waals surface area contributed by atoms with Crippen molar-refractivity contribution < 1.29 is 19.1 Å². The molecule has 0 radical (unpaired) electrons. The molecule has 8 heteroatoms. The van der Waals surface area contributed by atoms with E-state index in [0.717, 1.165) is 25.0 Å². The Hall–Kier alpha value is -2.61. The van der Waals surface area contributed by atoms with Crippen LogP contribution in [-0.4, -0.2) is 30.1 Å². The van der Waals surface area contributed by atoms with Crippen LogP contribution in [0.4, 0.5) is 5.13 Å². The molecule has 1 aromatic carbocycles. The average molecular weight is 373 g/mol. The van der Waals surface area contributed by atoms with E-state index in [9.17, 15) is 9.59 Å². The minimum Gasteiger partial charge on any atom is -0.454 e. The SMILES string of the molecule is O=C(CNC(=O)c1ccc2c(c1)OCO2)Nc1nc2c(s1)CCCCC2. The van der Waals surface area contributed by atoms with Gasteiger partial charge in [0, 0.05) is 10.4 Å². The van der Waals surface area contributed by atoms with E-state index >= 15 is 0 Å². The lowest BCUT2D eigenvalue weighted by Gasteiger charge is -2.06. The van der Waals surface area contributed by atoms with Crippen LogP contribution in [0.25, 0.3) is 0 Å². The third-order valence-corrected chi connectivity index (χ3v) is 5.46. The largest absolute Gasteiger partial charge is 0.454 e. The van der Waals surface area contributed by atoms with Crippen LogP contribution in [0.2, 0.25) is 0 Å². The number of rotatable bonds is 4. The second-order valence-electron chi connectivity index (χ2n) is 6.25. The molecule has 2 N–H and O–H groups in total. The number of carbonyl (C=O) groups is 2. The summed E-state index contributed by atoms with van der Waals surface area (Å²) in [5.41, 5.74) is 1.52. The van der Waals surface area contributed by atoms with E-state index in [-0.39, 0.29) is 25.2 Å². The van der Waals surface area contributed by atoms with Crippen LogP contribution in [0.15, 0.2) is 18.2 Å². The minimum absolute atomic E-state index is 0.114. The number of amides is 2. The van der Waals surface area contributed by atoms with Crippen molar-refractivity contribution in [3.05, 3.63) is 34.3 Å². The summed E-state index contributed by atoms with van der Waals surface area (Å²) in [5, 5.41) is 6.00. The molecule has 136 valence electrons. The molecular formula is C18H19N3O4S. The van der Waals surface area contributed by atoms with Gasteiger partial charge in [-0.15, -0.1) is 11.3 Å². The Kier molecular flexibility index (Phi) is 4.75. The number of nitrogens with one attached hydrogen (secondary N) is 2. The molecule has 7 nitrogen and oxygen atoms in total. The van der Waals surface area contributed by atoms with E-state index in [0.29, 0.717) is 22.2 Å². The summed E-state index contributed by atoms with van der Waals surface area (Å²) in [6.07, 6.45) is 5.56. The summed E-state index contributed by atoms with van der Waals surface area (Å²) in [7, 11) is 0. The van der Waals surface area contributed by atoms with Gasteiger partial charge in [0.25, 0.3) is 5.91 Å². The molecule has 0 atom stereocenters. The summed E-state index contributed by atoms with van der Waals surface area (Å²) in [6.45, 7) is 0.0398. The Bertz CT molecular complexity index is 825. The zero-order valence-electron chi connectivity index (χ0n) is 14.2. The van der Waals surface area contributed by atoms with Gasteiger partial charge in [-0.25, -0.2) is 4.98 Å². The molecule has 0 saturated carbocycles. The molecule has 1 aromatic heterocycles. The topological polar surface area (TPSA) is 89.6 Å². The van der Waals surface area contributed by atoms with Gasteiger partial charge in [-0.2, -0.15) is 0 Å². The van der Waals surface area contributed by atoms with E-state index in [4.69, 9.17) is 9.47 Å². The lowest BCUT2D eigenvalue weighted by atomic mass is 10.2. The number of hydrogen-bond acceptors (Lipinski definition) is 6. The van der Waals surface area contributed by atoms with Gasteiger partial charge in [-0.1, -0.05) is 6.42 Å². The highest BCUT2D eigenvalue weighted by Crippen LogP contribution is 2.32. The monoisotopic (exact) mass is 373 g/mol. The van der Waals surface area contributed by atoms with Crippen LogP contribution in [0.3, 0.4) is 0 Å². The van der Waals surface area contributed by atoms with E-state index in [1.54, 1.807) is 18.2 Å². The molecule has 0 spiro atoms. The van der Waals surface area contributed by atoms with E-state index in [1.807, 2.05) is 0 Å². The predicted molar refractivity (Wildman–Crippen MR) is 96.9 cm³/mol. The number of aromatic nitrogens is 1. The third kappa shape index (κ3) is 3.65. The molecule has 1 aliphatic heterocycles. The van der Waals surface area contributed by atoms with Crippen molar-refractivity contribution in [2.75, 3.05) is 18.7 Å². The second kappa shape index (κ2) is 7.33. The van der Waals surface area contributed by atoms with Crippen molar-refractivity contribution in [2.45, 2.75) is 32.1 Å². The van der Waals surface area contributed by atoms with Gasteiger partial charge in [-0.05, 0) is 43.9 Å². The van der Waals surface area contributed by atoms with Crippen molar-refractivity contribution >= 4 is 28.3 Å². The lowest BCUT2D eigenvalue weighted by Crippen LogP contribution is -2.32. The number of benzene rings is 1. The van der Waals surface area contributed by atoms with Crippen molar-refractivity contribution in [1.29, 1.82) is 0 Å². The molecule has 0 bridgehead atoms. The van der Waals surface area contributed by atoms with Crippen LogP contribution < -0.4 is 20.1 Å².